The Balaban J connectivity index is 2.38. The summed E-state index contributed by atoms with van der Waals surface area (Å²) in [4.78, 5) is 0. The topological polar surface area (TPSA) is 64.1 Å². The van der Waals surface area contributed by atoms with Gasteiger partial charge in [0.1, 0.15) is 0 Å². The van der Waals surface area contributed by atoms with E-state index in [2.05, 4.69) is 5.10 Å². The van der Waals surface area contributed by atoms with Crippen molar-refractivity contribution < 1.29 is 5.11 Å². The van der Waals surface area contributed by atoms with Crippen molar-refractivity contribution >= 4 is 0 Å². The molecule has 3 N–H and O–H groups in total. The van der Waals surface area contributed by atoms with Gasteiger partial charge in [0.25, 0.3) is 0 Å². The van der Waals surface area contributed by atoms with Crippen LogP contribution in [0.5, 0.6) is 0 Å². The van der Waals surface area contributed by atoms with Gasteiger partial charge in [0.05, 0.1) is 24.0 Å². The Morgan fingerprint density at radius 3 is 2.69 bits per heavy atom. The summed E-state index contributed by atoms with van der Waals surface area (Å²) >= 11 is 0. The van der Waals surface area contributed by atoms with E-state index < -0.39 is 0 Å². The van der Waals surface area contributed by atoms with E-state index in [4.69, 9.17) is 10.8 Å². The number of hydrogen-bond donors (Lipinski definition) is 2. The van der Waals surface area contributed by atoms with Crippen molar-refractivity contribution in [1.82, 2.24) is 9.78 Å². The third-order valence-electron chi connectivity index (χ3n) is 2.56. The number of rotatable bonds is 3. The summed E-state index contributed by atoms with van der Waals surface area (Å²) in [6, 6.07) is 11.4. The molecule has 0 saturated heterocycles. The van der Waals surface area contributed by atoms with Crippen LogP contribution >= 0.6 is 0 Å². The summed E-state index contributed by atoms with van der Waals surface area (Å²) in [7, 11) is 1.83. The second-order valence-electron chi connectivity index (χ2n) is 3.73. The van der Waals surface area contributed by atoms with E-state index in [-0.39, 0.29) is 12.6 Å². The van der Waals surface area contributed by atoms with Crippen LogP contribution in [0, 0.1) is 0 Å². The fourth-order valence-electron chi connectivity index (χ4n) is 1.67. The van der Waals surface area contributed by atoms with Crippen LogP contribution in [0.4, 0.5) is 0 Å². The van der Waals surface area contributed by atoms with Gasteiger partial charge in [-0.2, -0.15) is 5.10 Å². The number of aliphatic hydroxyl groups is 1. The molecule has 0 aliphatic rings. The maximum atomic E-state index is 9.03. The van der Waals surface area contributed by atoms with Gasteiger partial charge in [0.15, 0.2) is 0 Å². The van der Waals surface area contributed by atoms with E-state index in [9.17, 15) is 0 Å². The molecule has 0 aliphatic heterocycles. The van der Waals surface area contributed by atoms with Crippen LogP contribution < -0.4 is 5.73 Å². The fourth-order valence-corrected chi connectivity index (χ4v) is 1.67. The molecule has 2 aromatic rings. The molecule has 16 heavy (non-hydrogen) atoms. The van der Waals surface area contributed by atoms with Gasteiger partial charge in [-0.1, -0.05) is 30.3 Å². The minimum Gasteiger partial charge on any atom is -0.394 e. The smallest absolute Gasteiger partial charge is 0.0926 e. The lowest BCUT2D eigenvalue weighted by Gasteiger charge is -2.06. The molecule has 1 heterocycles. The molecule has 0 aliphatic carbocycles. The first kappa shape index (κ1) is 10.9. The van der Waals surface area contributed by atoms with Crippen molar-refractivity contribution in [3.05, 3.63) is 42.1 Å². The van der Waals surface area contributed by atoms with E-state index in [0.29, 0.717) is 0 Å². The Hall–Kier alpha value is -1.65. The second-order valence-corrected chi connectivity index (χ2v) is 3.73. The van der Waals surface area contributed by atoms with Gasteiger partial charge in [-0.15, -0.1) is 0 Å². The van der Waals surface area contributed by atoms with Crippen LogP contribution in [0.25, 0.3) is 11.3 Å². The molecule has 0 bridgehead atoms. The summed E-state index contributed by atoms with van der Waals surface area (Å²) in [5.74, 6) is 0. The third kappa shape index (κ3) is 1.98. The van der Waals surface area contributed by atoms with Crippen LogP contribution in [0.1, 0.15) is 11.7 Å². The van der Waals surface area contributed by atoms with Gasteiger partial charge in [0.2, 0.25) is 0 Å². The van der Waals surface area contributed by atoms with Gasteiger partial charge in [-0.25, -0.2) is 0 Å². The largest absolute Gasteiger partial charge is 0.394 e. The summed E-state index contributed by atoms with van der Waals surface area (Å²) in [6.45, 7) is -0.0756. The van der Waals surface area contributed by atoms with Crippen LogP contribution in [-0.4, -0.2) is 21.5 Å². The SMILES string of the molecule is Cn1nc(-c2ccccc2)cc1[C@@H](N)CO. The first-order valence-corrected chi connectivity index (χ1v) is 5.18. The zero-order valence-corrected chi connectivity index (χ0v) is 9.17. The molecule has 2 rings (SSSR count). The minimum atomic E-state index is -0.380. The molecular formula is C12H15N3O. The van der Waals surface area contributed by atoms with Crippen molar-refractivity contribution in [3.63, 3.8) is 0 Å². The monoisotopic (exact) mass is 217 g/mol. The predicted molar refractivity (Wildman–Crippen MR) is 62.7 cm³/mol. The molecule has 84 valence electrons. The molecule has 0 spiro atoms. The normalized spacial score (nSPS) is 12.7. The molecule has 1 atom stereocenters. The fraction of sp³-hybridized carbons (Fsp3) is 0.250. The van der Waals surface area contributed by atoms with Crippen molar-refractivity contribution in [2.24, 2.45) is 12.8 Å². The van der Waals surface area contributed by atoms with E-state index in [1.165, 1.54) is 0 Å². The lowest BCUT2D eigenvalue weighted by molar-refractivity contribution is 0.263. The molecule has 0 radical (unpaired) electrons. The maximum Gasteiger partial charge on any atom is 0.0926 e. The first-order valence-electron chi connectivity index (χ1n) is 5.18. The van der Waals surface area contributed by atoms with Crippen molar-refractivity contribution in [2.45, 2.75) is 6.04 Å². The lowest BCUT2D eigenvalue weighted by atomic mass is 10.1. The van der Waals surface area contributed by atoms with Crippen LogP contribution in [0.15, 0.2) is 36.4 Å². The van der Waals surface area contributed by atoms with Crippen LogP contribution in [-0.2, 0) is 7.05 Å². The number of nitrogens with zero attached hydrogens (tertiary/aromatic N) is 2. The average Bonchev–Trinajstić information content (AvgIpc) is 2.71. The Kier molecular flexibility index (Phi) is 3.03. The summed E-state index contributed by atoms with van der Waals surface area (Å²) < 4.78 is 1.71. The second kappa shape index (κ2) is 4.47. The average molecular weight is 217 g/mol. The first-order chi connectivity index (χ1) is 7.72. The molecule has 1 aromatic carbocycles. The molecular weight excluding hydrogens is 202 g/mol. The van der Waals surface area contributed by atoms with E-state index in [1.807, 2.05) is 43.4 Å². The standard InChI is InChI=1S/C12H15N3O/c1-15-12(10(13)8-16)7-11(14-15)9-5-3-2-4-6-9/h2-7,10,16H,8,13H2,1H3/t10-/m0/s1. The number of benzene rings is 1. The summed E-state index contributed by atoms with van der Waals surface area (Å²) in [5.41, 5.74) is 8.54. The highest BCUT2D eigenvalue weighted by molar-refractivity contribution is 5.59. The third-order valence-corrected chi connectivity index (χ3v) is 2.56. The molecule has 0 fully saturated rings. The zero-order chi connectivity index (χ0) is 11.5. The predicted octanol–water partition coefficient (Wildman–Crippen LogP) is 1.08. The number of hydrogen-bond acceptors (Lipinski definition) is 3. The van der Waals surface area contributed by atoms with Crippen LogP contribution in [0.2, 0.25) is 0 Å². The highest BCUT2D eigenvalue weighted by Crippen LogP contribution is 2.20. The van der Waals surface area contributed by atoms with E-state index >= 15 is 0 Å². The number of aromatic nitrogens is 2. The number of aryl methyl sites for hydroxylation is 1. The van der Waals surface area contributed by atoms with Gasteiger partial charge >= 0.3 is 0 Å². The zero-order valence-electron chi connectivity index (χ0n) is 9.17. The van der Waals surface area contributed by atoms with Gasteiger partial charge in [-0.05, 0) is 6.07 Å². The highest BCUT2D eigenvalue weighted by Gasteiger charge is 2.12. The quantitative estimate of drug-likeness (QED) is 0.808. The Morgan fingerprint density at radius 1 is 1.38 bits per heavy atom. The van der Waals surface area contributed by atoms with Gasteiger partial charge in [0, 0.05) is 12.6 Å². The van der Waals surface area contributed by atoms with Crippen molar-refractivity contribution in [1.29, 1.82) is 0 Å². The minimum absolute atomic E-state index is 0.0756. The van der Waals surface area contributed by atoms with E-state index in [1.54, 1.807) is 4.68 Å². The van der Waals surface area contributed by atoms with Gasteiger partial charge in [-0.3, -0.25) is 4.68 Å². The Morgan fingerprint density at radius 2 is 2.06 bits per heavy atom. The molecule has 4 heteroatoms. The van der Waals surface area contributed by atoms with Crippen LogP contribution in [0.3, 0.4) is 0 Å². The highest BCUT2D eigenvalue weighted by atomic mass is 16.3. The van der Waals surface area contributed by atoms with Gasteiger partial charge < -0.3 is 10.8 Å². The molecule has 1 aromatic heterocycles. The Bertz CT molecular complexity index is 464. The molecule has 0 amide bonds. The van der Waals surface area contributed by atoms with E-state index in [0.717, 1.165) is 17.0 Å². The molecule has 0 saturated carbocycles. The molecule has 0 unspecified atom stereocenters. The summed E-state index contributed by atoms with van der Waals surface area (Å²) in [5, 5.41) is 13.4. The lowest BCUT2D eigenvalue weighted by Crippen LogP contribution is -2.17. The van der Waals surface area contributed by atoms with Crippen molar-refractivity contribution in [3.8, 4) is 11.3 Å². The Labute approximate surface area is 94.3 Å². The molecule has 4 nitrogen and oxygen atoms in total. The number of aliphatic hydroxyl groups excluding tert-OH is 1. The summed E-state index contributed by atoms with van der Waals surface area (Å²) in [6.07, 6.45) is 0. The maximum absolute atomic E-state index is 9.03. The number of nitrogens with two attached hydrogens (primary N) is 1. The van der Waals surface area contributed by atoms with Crippen molar-refractivity contribution in [2.75, 3.05) is 6.61 Å².